The number of nitrogens with zero attached hydrogens (tertiary/aromatic N) is 1. The van der Waals surface area contributed by atoms with Crippen LogP contribution in [0.3, 0.4) is 0 Å². The van der Waals surface area contributed by atoms with E-state index in [0.717, 1.165) is 15.7 Å². The minimum absolute atomic E-state index is 0.126. The zero-order chi connectivity index (χ0) is 14.2. The summed E-state index contributed by atoms with van der Waals surface area (Å²) in [6.45, 7) is 6.51. The van der Waals surface area contributed by atoms with Crippen molar-refractivity contribution < 1.29 is 9.90 Å². The lowest BCUT2D eigenvalue weighted by Gasteiger charge is -2.48. The molecule has 0 bridgehead atoms. The lowest BCUT2D eigenvalue weighted by atomic mass is 9.94. The van der Waals surface area contributed by atoms with E-state index in [1.165, 1.54) is 0 Å². The minimum atomic E-state index is -0.543. The molecule has 104 valence electrons. The number of carbonyl (C=O) groups excluding carboxylic acids is 1. The highest BCUT2D eigenvalue weighted by molar-refractivity contribution is 9.10. The van der Waals surface area contributed by atoms with Crippen LogP contribution in [0.5, 0.6) is 0 Å². The summed E-state index contributed by atoms with van der Waals surface area (Å²) in [4.78, 5) is 13.9. The smallest absolute Gasteiger partial charge is 0.245 e. The average Bonchev–Trinajstić information content (AvgIpc) is 2.35. The maximum absolute atomic E-state index is 11.9. The van der Waals surface area contributed by atoms with Gasteiger partial charge in [0.1, 0.15) is 6.04 Å². The van der Waals surface area contributed by atoms with Gasteiger partial charge in [-0.1, -0.05) is 22.0 Å². The number of nitrogens with one attached hydrogen (secondary N) is 1. The predicted molar refractivity (Wildman–Crippen MR) is 79.3 cm³/mol. The van der Waals surface area contributed by atoms with Crippen LogP contribution in [-0.2, 0) is 4.79 Å². The summed E-state index contributed by atoms with van der Waals surface area (Å²) in [6.07, 6.45) is 0. The number of aryl methyl sites for hydroxylation is 1. The van der Waals surface area contributed by atoms with Crippen molar-refractivity contribution in [3.63, 3.8) is 0 Å². The van der Waals surface area contributed by atoms with Crippen molar-refractivity contribution in [1.29, 1.82) is 0 Å². The van der Waals surface area contributed by atoms with Crippen molar-refractivity contribution in [2.24, 2.45) is 0 Å². The average molecular weight is 327 g/mol. The first kappa shape index (κ1) is 14.3. The molecular formula is C14H19BrN2O2. The molecule has 19 heavy (non-hydrogen) atoms. The number of hydrogen-bond donors (Lipinski definition) is 2. The third-order valence-corrected chi connectivity index (χ3v) is 4.42. The summed E-state index contributed by atoms with van der Waals surface area (Å²) in [5.41, 5.74) is 1.84. The molecule has 1 saturated heterocycles. The Labute approximate surface area is 121 Å². The standard InChI is InChI=1S/C14H19BrN2O2/c1-9-4-5-10(6-11(9)15)17-12(7-18)13(19)16-8-14(17,2)3/h4-6,12,18H,7-8H2,1-3H3,(H,16,19). The molecule has 0 radical (unpaired) electrons. The molecule has 1 atom stereocenters. The molecule has 5 heteroatoms. The first-order chi connectivity index (χ1) is 8.86. The topological polar surface area (TPSA) is 52.6 Å². The highest BCUT2D eigenvalue weighted by Gasteiger charge is 2.40. The van der Waals surface area contributed by atoms with Gasteiger partial charge < -0.3 is 15.3 Å². The quantitative estimate of drug-likeness (QED) is 0.871. The van der Waals surface area contributed by atoms with Gasteiger partial charge in [-0.2, -0.15) is 0 Å². The second-order valence-corrected chi connectivity index (χ2v) is 6.39. The first-order valence-corrected chi connectivity index (χ1v) is 7.10. The third-order valence-electron chi connectivity index (χ3n) is 3.57. The summed E-state index contributed by atoms with van der Waals surface area (Å²) in [7, 11) is 0. The minimum Gasteiger partial charge on any atom is -0.394 e. The van der Waals surface area contributed by atoms with E-state index < -0.39 is 6.04 Å². The van der Waals surface area contributed by atoms with Crippen molar-refractivity contribution >= 4 is 27.5 Å². The Morgan fingerprint density at radius 2 is 2.21 bits per heavy atom. The van der Waals surface area contributed by atoms with Crippen LogP contribution in [0.15, 0.2) is 22.7 Å². The van der Waals surface area contributed by atoms with E-state index in [2.05, 4.69) is 35.1 Å². The van der Waals surface area contributed by atoms with Gasteiger partial charge in [-0.25, -0.2) is 0 Å². The van der Waals surface area contributed by atoms with Crippen molar-refractivity contribution in [3.05, 3.63) is 28.2 Å². The van der Waals surface area contributed by atoms with E-state index in [4.69, 9.17) is 0 Å². The Kier molecular flexibility index (Phi) is 3.87. The molecule has 0 spiro atoms. The van der Waals surface area contributed by atoms with E-state index in [-0.39, 0.29) is 18.1 Å². The summed E-state index contributed by atoms with van der Waals surface area (Å²) in [5, 5.41) is 12.4. The normalized spacial score (nSPS) is 22.3. The molecule has 1 aliphatic rings. The van der Waals surface area contributed by atoms with Gasteiger partial charge in [0.15, 0.2) is 0 Å². The maximum atomic E-state index is 11.9. The molecule has 4 nitrogen and oxygen atoms in total. The van der Waals surface area contributed by atoms with E-state index in [1.807, 2.05) is 30.0 Å². The number of benzene rings is 1. The van der Waals surface area contributed by atoms with Crippen molar-refractivity contribution in [1.82, 2.24) is 5.32 Å². The summed E-state index contributed by atoms with van der Waals surface area (Å²) in [6, 6.07) is 5.45. The lowest BCUT2D eigenvalue weighted by molar-refractivity contribution is -0.125. The first-order valence-electron chi connectivity index (χ1n) is 6.31. The molecule has 2 rings (SSSR count). The molecule has 1 unspecified atom stereocenters. The van der Waals surface area contributed by atoms with E-state index in [1.54, 1.807) is 0 Å². The van der Waals surface area contributed by atoms with E-state index in [9.17, 15) is 9.90 Å². The molecule has 1 aromatic rings. The Hall–Kier alpha value is -1.07. The van der Waals surface area contributed by atoms with Crippen LogP contribution in [0.2, 0.25) is 0 Å². The zero-order valence-electron chi connectivity index (χ0n) is 11.4. The summed E-state index contributed by atoms with van der Waals surface area (Å²) >= 11 is 3.52. The Morgan fingerprint density at radius 3 is 2.79 bits per heavy atom. The molecule has 0 aliphatic carbocycles. The molecule has 0 saturated carbocycles. The van der Waals surface area contributed by atoms with Crippen molar-refractivity contribution in [2.75, 3.05) is 18.1 Å². The molecule has 1 amide bonds. The van der Waals surface area contributed by atoms with Gasteiger partial charge in [0.05, 0.1) is 12.1 Å². The highest BCUT2D eigenvalue weighted by atomic mass is 79.9. The van der Waals surface area contributed by atoms with Gasteiger partial charge in [0.2, 0.25) is 5.91 Å². The molecular weight excluding hydrogens is 308 g/mol. The Bertz CT molecular complexity index is 502. The van der Waals surface area contributed by atoms with Crippen LogP contribution in [0.4, 0.5) is 5.69 Å². The Balaban J connectivity index is 2.47. The monoisotopic (exact) mass is 326 g/mol. The van der Waals surface area contributed by atoms with Gasteiger partial charge in [0.25, 0.3) is 0 Å². The Morgan fingerprint density at radius 1 is 1.53 bits per heavy atom. The molecule has 1 aliphatic heterocycles. The fourth-order valence-corrected chi connectivity index (χ4v) is 2.84. The number of rotatable bonds is 2. The second kappa shape index (κ2) is 5.13. The van der Waals surface area contributed by atoms with Gasteiger partial charge in [-0.3, -0.25) is 4.79 Å². The van der Waals surface area contributed by atoms with Gasteiger partial charge in [0, 0.05) is 16.7 Å². The number of piperazine rings is 1. The van der Waals surface area contributed by atoms with E-state index in [0.29, 0.717) is 6.54 Å². The van der Waals surface area contributed by atoms with Crippen LogP contribution >= 0.6 is 15.9 Å². The van der Waals surface area contributed by atoms with Crippen LogP contribution in [0.25, 0.3) is 0 Å². The van der Waals surface area contributed by atoms with Crippen molar-refractivity contribution in [2.45, 2.75) is 32.4 Å². The molecule has 0 aromatic heterocycles. The number of anilines is 1. The van der Waals surface area contributed by atoms with Crippen LogP contribution in [0, 0.1) is 6.92 Å². The summed E-state index contributed by atoms with van der Waals surface area (Å²) < 4.78 is 1.00. The fraction of sp³-hybridized carbons (Fsp3) is 0.500. The van der Waals surface area contributed by atoms with Crippen LogP contribution in [0.1, 0.15) is 19.4 Å². The summed E-state index contributed by atoms with van der Waals surface area (Å²) in [5.74, 6) is -0.126. The second-order valence-electron chi connectivity index (χ2n) is 5.53. The number of amides is 1. The predicted octanol–water partition coefficient (Wildman–Crippen LogP) is 1.83. The largest absolute Gasteiger partial charge is 0.394 e. The molecule has 1 heterocycles. The van der Waals surface area contributed by atoms with Gasteiger partial charge in [-0.15, -0.1) is 0 Å². The number of halogens is 1. The zero-order valence-corrected chi connectivity index (χ0v) is 13.0. The maximum Gasteiger partial charge on any atom is 0.245 e. The number of carbonyl (C=O) groups is 1. The number of hydrogen-bond acceptors (Lipinski definition) is 3. The fourth-order valence-electron chi connectivity index (χ4n) is 2.47. The number of aliphatic hydroxyl groups excluding tert-OH is 1. The SMILES string of the molecule is Cc1ccc(N2C(CO)C(=O)NCC2(C)C)cc1Br. The molecule has 1 aromatic carbocycles. The molecule has 2 N–H and O–H groups in total. The van der Waals surface area contributed by atoms with Crippen LogP contribution < -0.4 is 10.2 Å². The number of aliphatic hydroxyl groups is 1. The van der Waals surface area contributed by atoms with Crippen LogP contribution in [-0.4, -0.2) is 35.7 Å². The van der Waals surface area contributed by atoms with Gasteiger partial charge in [-0.05, 0) is 38.5 Å². The lowest BCUT2D eigenvalue weighted by Crippen LogP contribution is -2.67. The van der Waals surface area contributed by atoms with Crippen molar-refractivity contribution in [3.8, 4) is 0 Å². The highest BCUT2D eigenvalue weighted by Crippen LogP contribution is 2.32. The molecule has 1 fully saturated rings. The van der Waals surface area contributed by atoms with E-state index >= 15 is 0 Å². The van der Waals surface area contributed by atoms with Gasteiger partial charge >= 0.3 is 0 Å². The third kappa shape index (κ3) is 2.62.